The predicted octanol–water partition coefficient (Wildman–Crippen LogP) is 2.14. The molecule has 1 aromatic heterocycles. The number of fused-ring (bicyclic) bond motifs is 1. The van der Waals surface area contributed by atoms with Gasteiger partial charge >= 0.3 is 0 Å². The van der Waals surface area contributed by atoms with Crippen molar-refractivity contribution in [2.45, 2.75) is 26.8 Å². The Morgan fingerprint density at radius 2 is 1.96 bits per heavy atom. The Balaban J connectivity index is 1.69. The van der Waals surface area contributed by atoms with Crippen molar-refractivity contribution in [2.24, 2.45) is 5.10 Å². The molecule has 1 unspecified atom stereocenters. The normalized spacial score (nSPS) is 19.0. The van der Waals surface area contributed by atoms with Gasteiger partial charge in [0.15, 0.2) is 5.82 Å². The predicted molar refractivity (Wildman–Crippen MR) is 101 cm³/mol. The third kappa shape index (κ3) is 2.87. The first kappa shape index (κ1) is 16.4. The lowest BCUT2D eigenvalue weighted by atomic mass is 10.0. The van der Waals surface area contributed by atoms with E-state index in [1.165, 1.54) is 16.7 Å². The number of benzene rings is 1. The van der Waals surface area contributed by atoms with E-state index in [-0.39, 0.29) is 11.9 Å². The second-order valence-electron chi connectivity index (χ2n) is 6.74. The number of carbonyl (C=O) groups is 1. The highest BCUT2D eigenvalue weighted by Crippen LogP contribution is 2.23. The van der Waals surface area contributed by atoms with Gasteiger partial charge in [0.25, 0.3) is 0 Å². The molecular formula is C20H21N5O. The number of hydrazone groups is 1. The van der Waals surface area contributed by atoms with E-state index in [4.69, 9.17) is 4.98 Å². The molecule has 1 amide bonds. The highest BCUT2D eigenvalue weighted by atomic mass is 16.2. The fraction of sp³-hybridized carbons (Fsp3) is 0.300. The Hall–Kier alpha value is -3.02. The second-order valence-corrected chi connectivity index (χ2v) is 6.74. The Labute approximate surface area is 152 Å². The molecule has 0 bridgehead atoms. The monoisotopic (exact) mass is 347 g/mol. The van der Waals surface area contributed by atoms with Gasteiger partial charge in [-0.05, 0) is 67.8 Å². The van der Waals surface area contributed by atoms with Crippen molar-refractivity contribution in [1.82, 2.24) is 20.3 Å². The number of aromatic nitrogens is 2. The molecule has 2 aromatic rings. The van der Waals surface area contributed by atoms with Crippen molar-refractivity contribution in [3.05, 3.63) is 58.9 Å². The van der Waals surface area contributed by atoms with E-state index in [2.05, 4.69) is 48.3 Å². The Kier molecular flexibility index (Phi) is 4.03. The summed E-state index contributed by atoms with van der Waals surface area (Å²) in [5, 5.41) is 9.29. The van der Waals surface area contributed by atoms with E-state index in [0.717, 1.165) is 17.0 Å². The van der Waals surface area contributed by atoms with Crippen molar-refractivity contribution < 1.29 is 4.79 Å². The highest BCUT2D eigenvalue weighted by molar-refractivity contribution is 6.08. The van der Waals surface area contributed by atoms with Crippen LogP contribution in [0.1, 0.15) is 22.4 Å². The van der Waals surface area contributed by atoms with Crippen LogP contribution in [0.2, 0.25) is 0 Å². The standard InChI is InChI=1S/C20H21N5O/c1-12-10-15(11-13(2)14(12)3)19-21-7-6-16(23-19)17-4-5-18-20(26)22-8-9-25(18)24-17/h4-7,10-11,18H,8-9H2,1-3H3,(H,22,26). The lowest BCUT2D eigenvalue weighted by molar-refractivity contribution is -0.127. The van der Waals surface area contributed by atoms with E-state index in [9.17, 15) is 4.79 Å². The van der Waals surface area contributed by atoms with Gasteiger partial charge in [0.1, 0.15) is 11.8 Å². The zero-order valence-electron chi connectivity index (χ0n) is 15.2. The van der Waals surface area contributed by atoms with Crippen LogP contribution in [0.3, 0.4) is 0 Å². The molecule has 132 valence electrons. The van der Waals surface area contributed by atoms with Crippen molar-refractivity contribution in [3.63, 3.8) is 0 Å². The number of nitrogens with zero attached hydrogens (tertiary/aromatic N) is 4. The first-order chi connectivity index (χ1) is 12.5. The molecule has 2 aliphatic heterocycles. The van der Waals surface area contributed by atoms with Crippen LogP contribution < -0.4 is 5.32 Å². The number of piperazine rings is 1. The van der Waals surface area contributed by atoms with E-state index < -0.39 is 0 Å². The van der Waals surface area contributed by atoms with Gasteiger partial charge in [-0.15, -0.1) is 0 Å². The van der Waals surface area contributed by atoms with Gasteiger partial charge in [0.2, 0.25) is 5.91 Å². The maximum atomic E-state index is 11.9. The van der Waals surface area contributed by atoms with E-state index in [1.54, 1.807) is 6.20 Å². The summed E-state index contributed by atoms with van der Waals surface area (Å²) in [4.78, 5) is 21.1. The topological polar surface area (TPSA) is 70.5 Å². The molecule has 1 aromatic carbocycles. The largest absolute Gasteiger partial charge is 0.352 e. The SMILES string of the molecule is Cc1cc(-c2nccc(C3=NN4CCNC(=O)C4C=C3)n2)cc(C)c1C. The lowest BCUT2D eigenvalue weighted by Gasteiger charge is -2.33. The summed E-state index contributed by atoms with van der Waals surface area (Å²) in [6.45, 7) is 7.63. The maximum absolute atomic E-state index is 11.9. The number of rotatable bonds is 2. The number of allylic oxidation sites excluding steroid dienone is 1. The lowest BCUT2D eigenvalue weighted by Crippen LogP contribution is -2.53. The first-order valence-corrected chi connectivity index (χ1v) is 8.76. The number of nitrogens with one attached hydrogen (secondary N) is 1. The molecule has 0 aliphatic carbocycles. The van der Waals surface area contributed by atoms with E-state index >= 15 is 0 Å². The number of amides is 1. The van der Waals surface area contributed by atoms with Crippen molar-refractivity contribution >= 4 is 11.6 Å². The quantitative estimate of drug-likeness (QED) is 0.904. The van der Waals surface area contributed by atoms with Crippen LogP contribution in [0.5, 0.6) is 0 Å². The van der Waals surface area contributed by atoms with E-state index in [1.807, 2.05) is 23.2 Å². The van der Waals surface area contributed by atoms with Gasteiger partial charge in [-0.1, -0.05) is 0 Å². The Bertz CT molecular complexity index is 924. The van der Waals surface area contributed by atoms with Gasteiger partial charge in [-0.3, -0.25) is 9.80 Å². The smallest absolute Gasteiger partial charge is 0.248 e. The van der Waals surface area contributed by atoms with Crippen LogP contribution in [0.4, 0.5) is 0 Å². The van der Waals surface area contributed by atoms with Gasteiger partial charge in [-0.2, -0.15) is 5.10 Å². The first-order valence-electron chi connectivity index (χ1n) is 8.76. The van der Waals surface area contributed by atoms with Crippen molar-refractivity contribution in [3.8, 4) is 11.4 Å². The van der Waals surface area contributed by atoms with Crippen LogP contribution >= 0.6 is 0 Å². The summed E-state index contributed by atoms with van der Waals surface area (Å²) in [5.41, 5.74) is 6.26. The minimum Gasteiger partial charge on any atom is -0.352 e. The van der Waals surface area contributed by atoms with Gasteiger partial charge in [0.05, 0.1) is 12.2 Å². The minimum atomic E-state index is -0.323. The summed E-state index contributed by atoms with van der Waals surface area (Å²) in [6, 6.07) is 5.76. The number of hydrogen-bond acceptors (Lipinski definition) is 5. The van der Waals surface area contributed by atoms with Gasteiger partial charge in [-0.25, -0.2) is 9.97 Å². The molecule has 26 heavy (non-hydrogen) atoms. The molecule has 1 fully saturated rings. The summed E-state index contributed by atoms with van der Waals surface area (Å²) < 4.78 is 0. The second kappa shape index (κ2) is 6.37. The molecule has 1 saturated heterocycles. The fourth-order valence-electron chi connectivity index (χ4n) is 3.27. The summed E-state index contributed by atoms with van der Waals surface area (Å²) >= 11 is 0. The van der Waals surface area contributed by atoms with Crippen LogP contribution in [-0.2, 0) is 4.79 Å². The van der Waals surface area contributed by atoms with Crippen molar-refractivity contribution in [1.29, 1.82) is 0 Å². The third-order valence-corrected chi connectivity index (χ3v) is 5.01. The molecule has 0 radical (unpaired) electrons. The van der Waals surface area contributed by atoms with Crippen molar-refractivity contribution in [2.75, 3.05) is 13.1 Å². The minimum absolute atomic E-state index is 0.00992. The maximum Gasteiger partial charge on any atom is 0.248 e. The third-order valence-electron chi connectivity index (χ3n) is 5.01. The molecule has 1 atom stereocenters. The number of aryl methyl sites for hydroxylation is 2. The van der Waals surface area contributed by atoms with Crippen LogP contribution in [-0.4, -0.2) is 45.7 Å². The molecule has 1 N–H and O–H groups in total. The molecule has 0 spiro atoms. The van der Waals surface area contributed by atoms with Crippen LogP contribution in [0.15, 0.2) is 41.6 Å². The zero-order valence-corrected chi connectivity index (χ0v) is 15.2. The van der Waals surface area contributed by atoms with Crippen LogP contribution in [0.25, 0.3) is 11.4 Å². The van der Waals surface area contributed by atoms with Gasteiger partial charge in [0, 0.05) is 18.3 Å². The molecule has 3 heterocycles. The molecular weight excluding hydrogens is 326 g/mol. The summed E-state index contributed by atoms with van der Waals surface area (Å²) in [6.07, 6.45) is 5.50. The Morgan fingerprint density at radius 1 is 1.19 bits per heavy atom. The molecule has 0 saturated carbocycles. The summed E-state index contributed by atoms with van der Waals surface area (Å²) in [5.74, 6) is 0.674. The number of carbonyl (C=O) groups excluding carboxylic acids is 1. The van der Waals surface area contributed by atoms with Crippen LogP contribution in [0, 0.1) is 20.8 Å². The average Bonchev–Trinajstić information content (AvgIpc) is 2.66. The molecule has 4 rings (SSSR count). The van der Waals surface area contributed by atoms with E-state index in [0.29, 0.717) is 18.9 Å². The fourth-order valence-corrected chi connectivity index (χ4v) is 3.27. The zero-order chi connectivity index (χ0) is 18.3. The average molecular weight is 347 g/mol. The number of hydrogen-bond donors (Lipinski definition) is 1. The molecule has 2 aliphatic rings. The Morgan fingerprint density at radius 3 is 2.73 bits per heavy atom. The highest BCUT2D eigenvalue weighted by Gasteiger charge is 2.29. The molecule has 6 nitrogen and oxygen atoms in total. The molecule has 6 heteroatoms. The summed E-state index contributed by atoms with van der Waals surface area (Å²) in [7, 11) is 0. The van der Waals surface area contributed by atoms with Gasteiger partial charge < -0.3 is 5.32 Å².